The van der Waals surface area contributed by atoms with Gasteiger partial charge in [-0.25, -0.2) is 4.79 Å². The second kappa shape index (κ2) is 6.32. The van der Waals surface area contributed by atoms with Gasteiger partial charge in [-0.05, 0) is 38.6 Å². The predicted octanol–water partition coefficient (Wildman–Crippen LogP) is 3.23. The quantitative estimate of drug-likeness (QED) is 0.454. The highest BCUT2D eigenvalue weighted by atomic mass is 28.4. The van der Waals surface area contributed by atoms with Crippen molar-refractivity contribution in [2.24, 2.45) is 11.1 Å². The van der Waals surface area contributed by atoms with Crippen molar-refractivity contribution in [2.75, 3.05) is 7.11 Å². The monoisotopic (exact) mass is 311 g/mol. The highest BCUT2D eigenvalue weighted by Crippen LogP contribution is 2.44. The van der Waals surface area contributed by atoms with E-state index in [0.717, 1.165) is 31.4 Å². The van der Waals surface area contributed by atoms with E-state index in [9.17, 15) is 4.79 Å². The van der Waals surface area contributed by atoms with E-state index in [1.165, 1.54) is 19.6 Å². The van der Waals surface area contributed by atoms with Crippen molar-refractivity contribution in [3.63, 3.8) is 0 Å². The van der Waals surface area contributed by atoms with Crippen molar-refractivity contribution in [1.29, 1.82) is 0 Å². The lowest BCUT2D eigenvalue weighted by molar-refractivity contribution is -0.244. The van der Waals surface area contributed by atoms with Crippen LogP contribution in [0.25, 0.3) is 0 Å². The minimum atomic E-state index is -1.71. The van der Waals surface area contributed by atoms with Gasteiger partial charge in [-0.1, -0.05) is 11.6 Å². The first-order chi connectivity index (χ1) is 9.85. The molecule has 0 aromatic heterocycles. The standard InChI is InChI=1S/C15H25NO4Si/c1-18-14(17)9-8-13-11-12-7-5-6-10-15(12,19-16-13)20-21(2,3)4/h8-9,12H,5-7,10-11H2,1-4H3/b9-8+. The third kappa shape index (κ3) is 4.17. The van der Waals surface area contributed by atoms with Gasteiger partial charge in [0.1, 0.15) is 0 Å². The fraction of sp³-hybridized carbons (Fsp3) is 0.733. The molecular formula is C15H25NO4Si. The molecule has 21 heavy (non-hydrogen) atoms. The lowest BCUT2D eigenvalue weighted by Crippen LogP contribution is -2.53. The van der Waals surface area contributed by atoms with Crippen molar-refractivity contribution < 1.29 is 18.8 Å². The Morgan fingerprint density at radius 2 is 2.19 bits per heavy atom. The van der Waals surface area contributed by atoms with Crippen LogP contribution in [0.3, 0.4) is 0 Å². The number of hydrogen-bond donors (Lipinski definition) is 0. The normalized spacial score (nSPS) is 29.5. The molecule has 0 radical (unpaired) electrons. The minimum Gasteiger partial charge on any atom is -0.466 e. The Kier molecular flexibility index (Phi) is 4.88. The predicted molar refractivity (Wildman–Crippen MR) is 83.4 cm³/mol. The zero-order valence-corrected chi connectivity index (χ0v) is 14.3. The average Bonchev–Trinajstić information content (AvgIpc) is 2.42. The molecule has 0 aromatic carbocycles. The van der Waals surface area contributed by atoms with Crippen molar-refractivity contribution in [3.05, 3.63) is 12.2 Å². The number of nitrogens with zero attached hydrogens (tertiary/aromatic N) is 1. The molecule has 5 nitrogen and oxygen atoms in total. The van der Waals surface area contributed by atoms with Crippen LogP contribution in [0, 0.1) is 5.92 Å². The Bertz CT molecular complexity index is 455. The van der Waals surface area contributed by atoms with Gasteiger partial charge in [0, 0.05) is 24.8 Å². The van der Waals surface area contributed by atoms with Crippen molar-refractivity contribution in [3.8, 4) is 0 Å². The van der Waals surface area contributed by atoms with Crippen LogP contribution >= 0.6 is 0 Å². The maximum Gasteiger partial charge on any atom is 0.330 e. The van der Waals surface area contributed by atoms with Gasteiger partial charge < -0.3 is 14.0 Å². The molecule has 0 amide bonds. The molecule has 6 heteroatoms. The van der Waals surface area contributed by atoms with Crippen molar-refractivity contribution >= 4 is 20.0 Å². The molecule has 2 atom stereocenters. The Balaban J connectivity index is 2.14. The summed E-state index contributed by atoms with van der Waals surface area (Å²) in [7, 11) is -0.352. The van der Waals surface area contributed by atoms with Crippen molar-refractivity contribution in [1.82, 2.24) is 0 Å². The summed E-state index contributed by atoms with van der Waals surface area (Å²) < 4.78 is 11.0. The molecule has 0 aromatic rings. The van der Waals surface area contributed by atoms with Crippen LogP contribution in [0.2, 0.25) is 19.6 Å². The first-order valence-corrected chi connectivity index (χ1v) is 11.0. The van der Waals surface area contributed by atoms with Gasteiger partial charge in [0.05, 0.1) is 12.8 Å². The van der Waals surface area contributed by atoms with Gasteiger partial charge in [-0.3, -0.25) is 0 Å². The Morgan fingerprint density at radius 3 is 2.86 bits per heavy atom. The largest absolute Gasteiger partial charge is 0.466 e. The fourth-order valence-electron chi connectivity index (χ4n) is 2.99. The smallest absolute Gasteiger partial charge is 0.330 e. The summed E-state index contributed by atoms with van der Waals surface area (Å²) in [4.78, 5) is 17.0. The molecule has 1 saturated carbocycles. The summed E-state index contributed by atoms with van der Waals surface area (Å²) in [6.45, 7) is 6.52. The van der Waals surface area contributed by atoms with Crippen LogP contribution in [-0.2, 0) is 18.8 Å². The van der Waals surface area contributed by atoms with Crippen LogP contribution in [-0.4, -0.2) is 32.9 Å². The molecule has 118 valence electrons. The molecule has 1 fully saturated rings. The van der Waals surface area contributed by atoms with E-state index in [1.807, 2.05) is 0 Å². The summed E-state index contributed by atoms with van der Waals surface area (Å²) >= 11 is 0. The lowest BCUT2D eigenvalue weighted by Gasteiger charge is -2.46. The molecule has 1 aliphatic carbocycles. The van der Waals surface area contributed by atoms with Crippen LogP contribution in [0.4, 0.5) is 0 Å². The van der Waals surface area contributed by atoms with Gasteiger partial charge in [-0.2, -0.15) is 0 Å². The molecule has 0 N–H and O–H groups in total. The van der Waals surface area contributed by atoms with E-state index in [1.54, 1.807) is 6.08 Å². The van der Waals surface area contributed by atoms with Crippen molar-refractivity contribution in [2.45, 2.75) is 57.5 Å². The topological polar surface area (TPSA) is 57.1 Å². The summed E-state index contributed by atoms with van der Waals surface area (Å²) in [5, 5.41) is 4.20. The molecule has 2 aliphatic rings. The number of carbonyl (C=O) groups excluding carboxylic acids is 1. The van der Waals surface area contributed by atoms with E-state index in [2.05, 4.69) is 29.5 Å². The van der Waals surface area contributed by atoms with E-state index >= 15 is 0 Å². The summed E-state index contributed by atoms with van der Waals surface area (Å²) in [6, 6.07) is 0. The Labute approximate surface area is 127 Å². The number of esters is 1. The number of methoxy groups -OCH3 is 1. The third-order valence-electron chi connectivity index (χ3n) is 3.81. The number of ether oxygens (including phenoxy) is 1. The van der Waals surface area contributed by atoms with E-state index in [4.69, 9.17) is 9.26 Å². The van der Waals surface area contributed by atoms with E-state index in [-0.39, 0.29) is 5.97 Å². The molecule has 1 aliphatic heterocycles. The highest BCUT2D eigenvalue weighted by molar-refractivity contribution is 6.69. The third-order valence-corrected chi connectivity index (χ3v) is 4.77. The van der Waals surface area contributed by atoms with Gasteiger partial charge in [0.2, 0.25) is 5.79 Å². The zero-order valence-electron chi connectivity index (χ0n) is 13.3. The number of hydrogen-bond acceptors (Lipinski definition) is 5. The van der Waals surface area contributed by atoms with Gasteiger partial charge in [0.25, 0.3) is 0 Å². The maximum absolute atomic E-state index is 11.2. The van der Waals surface area contributed by atoms with Gasteiger partial charge in [-0.15, -0.1) is 0 Å². The second-order valence-electron chi connectivity index (χ2n) is 6.70. The SMILES string of the molecule is COC(=O)/C=C/C1=NOC2(O[Si](C)(C)C)CCCCC2C1. The molecule has 1 heterocycles. The van der Waals surface area contributed by atoms with Crippen LogP contribution < -0.4 is 0 Å². The summed E-state index contributed by atoms with van der Waals surface area (Å²) in [5.74, 6) is -0.616. The Hall–Kier alpha value is -1.14. The molecule has 0 saturated heterocycles. The van der Waals surface area contributed by atoms with E-state index < -0.39 is 14.1 Å². The lowest BCUT2D eigenvalue weighted by atomic mass is 9.79. The molecule has 2 unspecified atom stereocenters. The zero-order chi connectivity index (χ0) is 15.5. The highest BCUT2D eigenvalue weighted by Gasteiger charge is 2.49. The molecular weight excluding hydrogens is 286 g/mol. The van der Waals surface area contributed by atoms with Gasteiger partial charge >= 0.3 is 5.97 Å². The van der Waals surface area contributed by atoms with Crippen LogP contribution in [0.15, 0.2) is 17.3 Å². The van der Waals surface area contributed by atoms with Gasteiger partial charge in [0.15, 0.2) is 8.32 Å². The second-order valence-corrected chi connectivity index (χ2v) is 11.1. The molecule has 0 spiro atoms. The van der Waals surface area contributed by atoms with Crippen LogP contribution in [0.5, 0.6) is 0 Å². The molecule has 0 bridgehead atoms. The number of rotatable bonds is 4. The number of oxime groups is 1. The number of allylic oxidation sites excluding steroid dienone is 1. The van der Waals surface area contributed by atoms with Crippen LogP contribution in [0.1, 0.15) is 32.1 Å². The maximum atomic E-state index is 11.2. The number of fused-ring (bicyclic) bond motifs is 1. The average molecular weight is 311 g/mol. The summed E-state index contributed by atoms with van der Waals surface area (Å²) in [5.41, 5.74) is 0.780. The summed E-state index contributed by atoms with van der Waals surface area (Å²) in [6.07, 6.45) is 8.14. The Morgan fingerprint density at radius 1 is 1.43 bits per heavy atom. The molecule has 2 rings (SSSR count). The first kappa shape index (κ1) is 16.2. The minimum absolute atomic E-state index is 0.313. The van der Waals surface area contributed by atoms with E-state index in [0.29, 0.717) is 5.92 Å². The first-order valence-electron chi connectivity index (χ1n) is 7.56. The fourth-order valence-corrected chi connectivity index (χ4v) is 4.33. The number of carbonyl (C=O) groups is 1.